The number of para-hydroxylation sites is 1. The van der Waals surface area contributed by atoms with Gasteiger partial charge in [-0.25, -0.2) is 4.98 Å². The Morgan fingerprint density at radius 2 is 2.05 bits per heavy atom. The van der Waals surface area contributed by atoms with Gasteiger partial charge >= 0.3 is 0 Å². The Balaban J connectivity index is 2.16. The van der Waals surface area contributed by atoms with Crippen LogP contribution in [0.5, 0.6) is 0 Å². The second kappa shape index (κ2) is 5.67. The topological polar surface area (TPSA) is 81.2 Å². The van der Waals surface area contributed by atoms with Crippen molar-refractivity contribution in [1.29, 1.82) is 0 Å². The minimum atomic E-state index is -0.298. The Morgan fingerprint density at radius 3 is 2.68 bits per heavy atom. The predicted octanol–water partition coefficient (Wildman–Crippen LogP) is 2.04. The molecule has 1 heterocycles. The smallest absolute Gasteiger partial charge is 0.293 e. The predicted molar refractivity (Wildman–Crippen MR) is 73.1 cm³/mol. The molecular weight excluding hydrogens is 242 g/mol. The van der Waals surface area contributed by atoms with Gasteiger partial charge in [0, 0.05) is 18.7 Å². The van der Waals surface area contributed by atoms with Crippen LogP contribution in [0.15, 0.2) is 28.8 Å². The van der Waals surface area contributed by atoms with Crippen LogP contribution < -0.4 is 11.1 Å². The number of carbonyl (C=O) groups is 1. The van der Waals surface area contributed by atoms with Gasteiger partial charge in [0.05, 0.1) is 6.20 Å². The number of nitrogens with one attached hydrogen (secondary N) is 1. The van der Waals surface area contributed by atoms with E-state index in [1.54, 1.807) is 0 Å². The number of aryl methyl sites for hydroxylation is 2. The molecule has 0 aliphatic carbocycles. The number of oxazole rings is 1. The second-order valence-electron chi connectivity index (χ2n) is 4.38. The molecule has 2 rings (SSSR count). The third kappa shape index (κ3) is 3.00. The van der Waals surface area contributed by atoms with E-state index in [4.69, 9.17) is 10.2 Å². The minimum Gasteiger partial charge on any atom is -0.435 e. The molecule has 3 N–H and O–H groups in total. The molecule has 1 aromatic carbocycles. The van der Waals surface area contributed by atoms with Crippen molar-refractivity contribution in [2.45, 2.75) is 20.3 Å². The number of rotatable bonds is 4. The number of anilines is 1. The molecule has 0 saturated heterocycles. The molecule has 0 saturated carbocycles. The molecule has 0 bridgehead atoms. The van der Waals surface area contributed by atoms with Gasteiger partial charge in [0.15, 0.2) is 5.89 Å². The Kier molecular flexibility index (Phi) is 3.97. The SMILES string of the molecule is Cc1cccc(C)c1NC(=O)c1cnc(CCN)o1. The number of carbonyl (C=O) groups excluding carboxylic acids is 1. The number of hydrogen-bond donors (Lipinski definition) is 2. The zero-order chi connectivity index (χ0) is 13.8. The molecule has 0 atom stereocenters. The van der Waals surface area contributed by atoms with Crippen LogP contribution in [0.3, 0.4) is 0 Å². The van der Waals surface area contributed by atoms with Crippen molar-refractivity contribution in [3.05, 3.63) is 47.2 Å². The van der Waals surface area contributed by atoms with Crippen molar-refractivity contribution in [1.82, 2.24) is 4.98 Å². The van der Waals surface area contributed by atoms with E-state index in [9.17, 15) is 4.79 Å². The van der Waals surface area contributed by atoms with E-state index in [0.717, 1.165) is 16.8 Å². The van der Waals surface area contributed by atoms with Gasteiger partial charge in [0.1, 0.15) is 0 Å². The van der Waals surface area contributed by atoms with E-state index < -0.39 is 0 Å². The van der Waals surface area contributed by atoms with E-state index in [1.807, 2.05) is 32.0 Å². The summed E-state index contributed by atoms with van der Waals surface area (Å²) in [7, 11) is 0. The minimum absolute atomic E-state index is 0.200. The van der Waals surface area contributed by atoms with Crippen molar-refractivity contribution in [2.75, 3.05) is 11.9 Å². The second-order valence-corrected chi connectivity index (χ2v) is 4.38. The highest BCUT2D eigenvalue weighted by Gasteiger charge is 2.14. The summed E-state index contributed by atoms with van der Waals surface area (Å²) in [4.78, 5) is 16.1. The molecule has 0 aliphatic rings. The lowest BCUT2D eigenvalue weighted by atomic mass is 10.1. The first kappa shape index (κ1) is 13.3. The Bertz CT molecular complexity index is 570. The molecule has 0 unspecified atom stereocenters. The number of benzene rings is 1. The average Bonchev–Trinajstić information content (AvgIpc) is 2.83. The maximum Gasteiger partial charge on any atom is 0.293 e. The molecule has 0 fully saturated rings. The lowest BCUT2D eigenvalue weighted by Gasteiger charge is -2.09. The molecule has 0 aliphatic heterocycles. The highest BCUT2D eigenvalue weighted by Crippen LogP contribution is 2.20. The molecule has 19 heavy (non-hydrogen) atoms. The van der Waals surface area contributed by atoms with Gasteiger partial charge in [-0.05, 0) is 25.0 Å². The molecule has 1 amide bonds. The molecule has 0 radical (unpaired) electrons. The van der Waals surface area contributed by atoms with Crippen molar-refractivity contribution >= 4 is 11.6 Å². The van der Waals surface area contributed by atoms with E-state index in [-0.39, 0.29) is 11.7 Å². The number of amides is 1. The third-order valence-electron chi connectivity index (χ3n) is 2.86. The summed E-state index contributed by atoms with van der Waals surface area (Å²) < 4.78 is 5.33. The Hall–Kier alpha value is -2.14. The van der Waals surface area contributed by atoms with E-state index >= 15 is 0 Å². The summed E-state index contributed by atoms with van der Waals surface area (Å²) in [6.45, 7) is 4.34. The largest absolute Gasteiger partial charge is 0.435 e. The van der Waals surface area contributed by atoms with Crippen LogP contribution in [-0.2, 0) is 6.42 Å². The number of hydrogen-bond acceptors (Lipinski definition) is 4. The normalized spacial score (nSPS) is 10.5. The molecule has 5 heteroatoms. The summed E-state index contributed by atoms with van der Waals surface area (Å²) in [5.74, 6) is 0.383. The van der Waals surface area contributed by atoms with Gasteiger partial charge in [-0.15, -0.1) is 0 Å². The molecule has 2 aromatic rings. The maximum absolute atomic E-state index is 12.1. The summed E-state index contributed by atoms with van der Waals surface area (Å²) in [5, 5.41) is 2.85. The highest BCUT2D eigenvalue weighted by molar-refractivity contribution is 6.02. The van der Waals surface area contributed by atoms with Gasteiger partial charge < -0.3 is 15.5 Å². The Labute approximate surface area is 111 Å². The first-order valence-electron chi connectivity index (χ1n) is 6.14. The number of aromatic nitrogens is 1. The lowest BCUT2D eigenvalue weighted by molar-refractivity contribution is 0.0994. The first-order chi connectivity index (χ1) is 9.11. The van der Waals surface area contributed by atoms with Crippen LogP contribution in [0.25, 0.3) is 0 Å². The van der Waals surface area contributed by atoms with Crippen LogP contribution >= 0.6 is 0 Å². The highest BCUT2D eigenvalue weighted by atomic mass is 16.4. The monoisotopic (exact) mass is 259 g/mol. The fourth-order valence-corrected chi connectivity index (χ4v) is 1.84. The van der Waals surface area contributed by atoms with Crippen LogP contribution in [0.2, 0.25) is 0 Å². The van der Waals surface area contributed by atoms with Crippen LogP contribution in [0, 0.1) is 13.8 Å². The zero-order valence-corrected chi connectivity index (χ0v) is 11.1. The third-order valence-corrected chi connectivity index (χ3v) is 2.86. The average molecular weight is 259 g/mol. The van der Waals surface area contributed by atoms with Gasteiger partial charge in [0.2, 0.25) is 5.76 Å². The number of nitrogens with zero attached hydrogens (tertiary/aromatic N) is 1. The molecule has 5 nitrogen and oxygen atoms in total. The van der Waals surface area contributed by atoms with Gasteiger partial charge in [0.25, 0.3) is 5.91 Å². The Morgan fingerprint density at radius 1 is 1.37 bits per heavy atom. The van der Waals surface area contributed by atoms with Gasteiger partial charge in [-0.2, -0.15) is 0 Å². The lowest BCUT2D eigenvalue weighted by Crippen LogP contribution is -2.13. The van der Waals surface area contributed by atoms with E-state index in [0.29, 0.717) is 18.9 Å². The maximum atomic E-state index is 12.1. The molecular formula is C14H17N3O2. The summed E-state index contributed by atoms with van der Waals surface area (Å²) in [5.41, 5.74) is 8.24. The van der Waals surface area contributed by atoms with E-state index in [2.05, 4.69) is 10.3 Å². The standard InChI is InChI=1S/C14H17N3O2/c1-9-4-3-5-10(2)13(9)17-14(18)11-8-16-12(19-11)6-7-15/h3-5,8H,6-7,15H2,1-2H3,(H,17,18). The zero-order valence-electron chi connectivity index (χ0n) is 11.1. The fraction of sp³-hybridized carbons (Fsp3) is 0.286. The van der Waals surface area contributed by atoms with Crippen molar-refractivity contribution in [3.8, 4) is 0 Å². The summed E-state index contributed by atoms with van der Waals surface area (Å²) >= 11 is 0. The van der Waals surface area contributed by atoms with Crippen molar-refractivity contribution in [2.24, 2.45) is 5.73 Å². The molecule has 100 valence electrons. The van der Waals surface area contributed by atoms with Crippen LogP contribution in [0.4, 0.5) is 5.69 Å². The first-order valence-corrected chi connectivity index (χ1v) is 6.14. The molecule has 0 spiro atoms. The van der Waals surface area contributed by atoms with Crippen molar-refractivity contribution in [3.63, 3.8) is 0 Å². The van der Waals surface area contributed by atoms with Crippen molar-refractivity contribution < 1.29 is 9.21 Å². The van der Waals surface area contributed by atoms with Crippen LogP contribution in [0.1, 0.15) is 27.6 Å². The molecule has 1 aromatic heterocycles. The van der Waals surface area contributed by atoms with Crippen LogP contribution in [-0.4, -0.2) is 17.4 Å². The number of nitrogens with two attached hydrogens (primary N) is 1. The summed E-state index contributed by atoms with van der Waals surface area (Å²) in [6, 6.07) is 5.85. The van der Waals surface area contributed by atoms with Gasteiger partial charge in [-0.1, -0.05) is 18.2 Å². The summed E-state index contributed by atoms with van der Waals surface area (Å²) in [6.07, 6.45) is 1.95. The van der Waals surface area contributed by atoms with E-state index in [1.165, 1.54) is 6.20 Å². The van der Waals surface area contributed by atoms with Gasteiger partial charge in [-0.3, -0.25) is 4.79 Å². The fourth-order valence-electron chi connectivity index (χ4n) is 1.84. The quantitative estimate of drug-likeness (QED) is 0.880.